The number of nitriles is 1. The van der Waals surface area contributed by atoms with Gasteiger partial charge in [-0.2, -0.15) is 18.4 Å². The first-order valence-corrected chi connectivity index (χ1v) is 11.2. The summed E-state index contributed by atoms with van der Waals surface area (Å²) in [5.74, 6) is -2.03. The van der Waals surface area contributed by atoms with Gasteiger partial charge < -0.3 is 9.64 Å². The summed E-state index contributed by atoms with van der Waals surface area (Å²) in [5.41, 5.74) is 1.06. The Hall–Kier alpha value is -3.32. The number of carbonyl (C=O) groups is 2. The van der Waals surface area contributed by atoms with Crippen LogP contribution in [0.4, 0.5) is 23.7 Å². The van der Waals surface area contributed by atoms with Crippen LogP contribution in [0.15, 0.2) is 65.2 Å². The van der Waals surface area contributed by atoms with Crippen LogP contribution in [-0.4, -0.2) is 42.2 Å². The van der Waals surface area contributed by atoms with E-state index in [4.69, 9.17) is 10.00 Å². The van der Waals surface area contributed by atoms with Gasteiger partial charge in [0.2, 0.25) is 0 Å². The molecule has 2 aromatic rings. The fraction of sp³-hybridized carbons (Fsp3) is 0.292. The van der Waals surface area contributed by atoms with Gasteiger partial charge in [-0.25, -0.2) is 4.79 Å². The first-order valence-electron chi connectivity index (χ1n) is 10.4. The lowest BCUT2D eigenvalue weighted by atomic mass is 10.2. The van der Waals surface area contributed by atoms with Crippen LogP contribution in [-0.2, 0) is 16.1 Å². The second kappa shape index (κ2) is 11.2. The van der Waals surface area contributed by atoms with Crippen molar-refractivity contribution in [3.8, 4) is 6.07 Å². The highest BCUT2D eigenvalue weighted by molar-refractivity contribution is 9.10. The number of ether oxygens (including phenoxy) is 1. The molecule has 0 unspecified atom stereocenters. The molecule has 0 aliphatic carbocycles. The number of likely N-dealkylation sites (tertiary alicyclic amines) is 1. The second-order valence-electron chi connectivity index (χ2n) is 7.56. The Bertz CT molecular complexity index is 1100. The van der Waals surface area contributed by atoms with Crippen molar-refractivity contribution >= 4 is 33.6 Å². The first-order chi connectivity index (χ1) is 16.2. The molecule has 3 rings (SSSR count). The number of alkyl halides is 3. The van der Waals surface area contributed by atoms with Gasteiger partial charge in [-0.15, -0.1) is 0 Å². The topological polar surface area (TPSA) is 73.6 Å². The van der Waals surface area contributed by atoms with E-state index in [1.807, 2.05) is 36.4 Å². The SMILES string of the molecule is N#Cc1ccc(N(CC=C[C@H]2CCCN2C(=O)OCc2ccccc2)C(=O)C(F)(F)F)c(Br)c1. The molecule has 1 aliphatic rings. The molecule has 1 atom stereocenters. The Balaban J connectivity index is 1.70. The average Bonchev–Trinajstić information content (AvgIpc) is 3.29. The van der Waals surface area contributed by atoms with Crippen molar-refractivity contribution in [3.63, 3.8) is 0 Å². The van der Waals surface area contributed by atoms with E-state index < -0.39 is 18.2 Å². The summed E-state index contributed by atoms with van der Waals surface area (Å²) in [7, 11) is 0. The lowest BCUT2D eigenvalue weighted by Gasteiger charge is -2.25. The molecule has 1 aliphatic heterocycles. The number of benzene rings is 2. The van der Waals surface area contributed by atoms with E-state index in [1.54, 1.807) is 6.08 Å². The van der Waals surface area contributed by atoms with Crippen LogP contribution in [0.1, 0.15) is 24.0 Å². The number of carbonyl (C=O) groups excluding carboxylic acids is 2. The molecule has 0 N–H and O–H groups in total. The smallest absolute Gasteiger partial charge is 0.445 e. The van der Waals surface area contributed by atoms with E-state index in [0.717, 1.165) is 12.0 Å². The fourth-order valence-electron chi connectivity index (χ4n) is 3.58. The van der Waals surface area contributed by atoms with Crippen molar-refractivity contribution in [2.45, 2.75) is 31.7 Å². The molecule has 10 heteroatoms. The molecule has 2 amide bonds. The molecule has 6 nitrogen and oxygen atoms in total. The molecule has 0 aromatic heterocycles. The summed E-state index contributed by atoms with van der Waals surface area (Å²) in [5, 5.41) is 8.98. The number of hydrogen-bond acceptors (Lipinski definition) is 4. The Morgan fingerprint density at radius 3 is 2.62 bits per heavy atom. The van der Waals surface area contributed by atoms with Crippen molar-refractivity contribution < 1.29 is 27.5 Å². The minimum atomic E-state index is -5.08. The Labute approximate surface area is 203 Å². The van der Waals surface area contributed by atoms with Gasteiger partial charge in [0.1, 0.15) is 6.61 Å². The molecular weight excluding hydrogens is 515 g/mol. The minimum Gasteiger partial charge on any atom is -0.445 e. The highest BCUT2D eigenvalue weighted by Gasteiger charge is 2.43. The molecule has 0 radical (unpaired) electrons. The van der Waals surface area contributed by atoms with Crippen molar-refractivity contribution in [1.29, 1.82) is 5.26 Å². The molecule has 1 fully saturated rings. The first kappa shape index (κ1) is 25.3. The molecule has 178 valence electrons. The lowest BCUT2D eigenvalue weighted by Crippen LogP contribution is -2.41. The Morgan fingerprint density at radius 2 is 1.97 bits per heavy atom. The van der Waals surface area contributed by atoms with Gasteiger partial charge in [0.25, 0.3) is 0 Å². The quantitative estimate of drug-likeness (QED) is 0.453. The second-order valence-corrected chi connectivity index (χ2v) is 8.42. The van der Waals surface area contributed by atoms with E-state index in [9.17, 15) is 22.8 Å². The molecule has 1 saturated heterocycles. The van der Waals surface area contributed by atoms with E-state index in [1.165, 1.54) is 29.2 Å². The zero-order valence-electron chi connectivity index (χ0n) is 18.0. The van der Waals surface area contributed by atoms with E-state index >= 15 is 0 Å². The van der Waals surface area contributed by atoms with E-state index in [2.05, 4.69) is 15.9 Å². The summed E-state index contributed by atoms with van der Waals surface area (Å²) in [6.07, 6.45) is -1.18. The molecule has 34 heavy (non-hydrogen) atoms. The largest absolute Gasteiger partial charge is 0.471 e. The van der Waals surface area contributed by atoms with Gasteiger partial charge in [-0.1, -0.05) is 42.5 Å². The number of rotatable bonds is 6. The Morgan fingerprint density at radius 1 is 1.24 bits per heavy atom. The fourth-order valence-corrected chi connectivity index (χ4v) is 4.18. The van der Waals surface area contributed by atoms with Gasteiger partial charge in [-0.3, -0.25) is 9.69 Å². The van der Waals surface area contributed by atoms with Crippen LogP contribution in [0, 0.1) is 11.3 Å². The van der Waals surface area contributed by atoms with Crippen molar-refractivity contribution in [2.75, 3.05) is 18.0 Å². The number of anilines is 1. The highest BCUT2D eigenvalue weighted by Crippen LogP contribution is 2.31. The number of halogens is 4. The number of amides is 2. The van der Waals surface area contributed by atoms with Gasteiger partial charge in [0.05, 0.1) is 23.4 Å². The molecule has 0 spiro atoms. The average molecular weight is 536 g/mol. The summed E-state index contributed by atoms with van der Waals surface area (Å²) >= 11 is 3.14. The third-order valence-electron chi connectivity index (χ3n) is 5.24. The van der Waals surface area contributed by atoms with E-state index in [0.29, 0.717) is 17.9 Å². The molecule has 1 heterocycles. The molecule has 0 bridgehead atoms. The number of nitrogens with zero attached hydrogens (tertiary/aromatic N) is 3. The van der Waals surface area contributed by atoms with Crippen LogP contribution >= 0.6 is 15.9 Å². The molecule has 0 saturated carbocycles. The van der Waals surface area contributed by atoms with Gasteiger partial charge in [0.15, 0.2) is 0 Å². The van der Waals surface area contributed by atoms with Crippen molar-refractivity contribution in [1.82, 2.24) is 4.90 Å². The maximum Gasteiger partial charge on any atom is 0.471 e. The summed E-state index contributed by atoms with van der Waals surface area (Å²) in [4.78, 5) is 26.7. The maximum atomic E-state index is 13.2. The predicted octanol–water partition coefficient (Wildman–Crippen LogP) is 5.57. The third-order valence-corrected chi connectivity index (χ3v) is 5.88. The van der Waals surface area contributed by atoms with Crippen LogP contribution in [0.5, 0.6) is 0 Å². The van der Waals surface area contributed by atoms with Gasteiger partial charge >= 0.3 is 18.2 Å². The minimum absolute atomic E-state index is 0.0171. The lowest BCUT2D eigenvalue weighted by molar-refractivity contribution is -0.170. The zero-order valence-corrected chi connectivity index (χ0v) is 19.6. The third kappa shape index (κ3) is 6.38. The maximum absolute atomic E-state index is 13.2. The summed E-state index contributed by atoms with van der Waals surface area (Å²) in [6.45, 7) is 0.217. The van der Waals surface area contributed by atoms with E-state index in [-0.39, 0.29) is 34.9 Å². The molecule has 2 aromatic carbocycles. The van der Waals surface area contributed by atoms with Crippen LogP contribution in [0.3, 0.4) is 0 Å². The predicted molar refractivity (Wildman–Crippen MR) is 123 cm³/mol. The van der Waals surface area contributed by atoms with Crippen molar-refractivity contribution in [2.24, 2.45) is 0 Å². The molecular formula is C24H21BrF3N3O3. The van der Waals surface area contributed by atoms with Crippen LogP contribution in [0.2, 0.25) is 0 Å². The zero-order chi connectivity index (χ0) is 24.7. The van der Waals surface area contributed by atoms with Gasteiger partial charge in [-0.05, 0) is 52.5 Å². The van der Waals surface area contributed by atoms with Gasteiger partial charge in [0, 0.05) is 17.6 Å². The number of hydrogen-bond donors (Lipinski definition) is 0. The van der Waals surface area contributed by atoms with Crippen LogP contribution < -0.4 is 4.90 Å². The standard InChI is InChI=1S/C24H21BrF3N3O3/c25-20-14-18(15-29)10-11-21(20)31(22(32)24(26,27)28)13-5-9-19-8-4-12-30(19)23(33)34-16-17-6-2-1-3-7-17/h1-3,5-7,9-11,14,19H,4,8,12-13,16H2/t19-/m1/s1. The van der Waals surface area contributed by atoms with Crippen LogP contribution in [0.25, 0.3) is 0 Å². The normalized spacial score (nSPS) is 15.9. The summed E-state index contributed by atoms with van der Waals surface area (Å²) < 4.78 is 45.2. The highest BCUT2D eigenvalue weighted by atomic mass is 79.9. The Kier molecular flexibility index (Phi) is 8.34. The van der Waals surface area contributed by atoms with Crippen molar-refractivity contribution in [3.05, 3.63) is 76.3 Å². The summed E-state index contributed by atoms with van der Waals surface area (Å²) in [6, 6.07) is 14.7. The monoisotopic (exact) mass is 535 g/mol.